The predicted molar refractivity (Wildman–Crippen MR) is 96.5 cm³/mol. The van der Waals surface area contributed by atoms with Crippen LogP contribution in [0.1, 0.15) is 20.7 Å². The average Bonchev–Trinajstić information content (AvgIpc) is 2.60. The summed E-state index contributed by atoms with van der Waals surface area (Å²) in [6.07, 6.45) is 0. The van der Waals surface area contributed by atoms with E-state index in [0.717, 1.165) is 0 Å². The van der Waals surface area contributed by atoms with E-state index in [2.05, 4.69) is 10.6 Å². The Labute approximate surface area is 145 Å². The van der Waals surface area contributed by atoms with Crippen molar-refractivity contribution in [1.29, 1.82) is 0 Å². The van der Waals surface area contributed by atoms with Crippen molar-refractivity contribution in [3.8, 4) is 0 Å². The fourth-order valence-electron chi connectivity index (χ4n) is 2.12. The highest BCUT2D eigenvalue weighted by molar-refractivity contribution is 5.97. The van der Waals surface area contributed by atoms with Crippen molar-refractivity contribution in [2.45, 2.75) is 0 Å². The van der Waals surface area contributed by atoms with E-state index >= 15 is 0 Å². The first kappa shape index (κ1) is 18.0. The minimum Gasteiger partial charge on any atom is -0.376 e. The van der Waals surface area contributed by atoms with Crippen LogP contribution in [0.25, 0.3) is 0 Å². The third-order valence-electron chi connectivity index (χ3n) is 3.42. The van der Waals surface area contributed by atoms with Gasteiger partial charge >= 0.3 is 0 Å². The van der Waals surface area contributed by atoms with Gasteiger partial charge in [-0.2, -0.15) is 0 Å². The molecule has 2 aromatic rings. The van der Waals surface area contributed by atoms with Crippen LogP contribution in [0.15, 0.2) is 48.5 Å². The van der Waals surface area contributed by atoms with Crippen LogP contribution in [0.5, 0.6) is 0 Å². The standard InChI is InChI=1S/C18H20N4O3/c1-22(2)18(25)12-6-8-14(9-7-12)21-16(23)11-20-15-5-3-4-13(10-15)17(19)24/h3-10,20H,11H2,1-2H3,(H2,19,24)(H,21,23). The highest BCUT2D eigenvalue weighted by atomic mass is 16.2. The van der Waals surface area contributed by atoms with Gasteiger partial charge in [0.05, 0.1) is 6.54 Å². The number of hydrogen-bond donors (Lipinski definition) is 3. The van der Waals surface area contributed by atoms with E-state index in [1.54, 1.807) is 62.6 Å². The summed E-state index contributed by atoms with van der Waals surface area (Å²) < 4.78 is 0. The number of nitrogens with one attached hydrogen (secondary N) is 2. The normalized spacial score (nSPS) is 10.0. The van der Waals surface area contributed by atoms with E-state index in [0.29, 0.717) is 22.5 Å². The zero-order valence-electron chi connectivity index (χ0n) is 14.1. The van der Waals surface area contributed by atoms with Crippen molar-refractivity contribution in [3.63, 3.8) is 0 Å². The van der Waals surface area contributed by atoms with Gasteiger partial charge in [-0.25, -0.2) is 0 Å². The van der Waals surface area contributed by atoms with Crippen molar-refractivity contribution in [1.82, 2.24) is 4.90 Å². The van der Waals surface area contributed by atoms with Crippen molar-refractivity contribution < 1.29 is 14.4 Å². The number of carbonyl (C=O) groups is 3. The number of nitrogens with two attached hydrogens (primary N) is 1. The monoisotopic (exact) mass is 340 g/mol. The molecule has 25 heavy (non-hydrogen) atoms. The van der Waals surface area contributed by atoms with Crippen molar-refractivity contribution in [2.75, 3.05) is 31.3 Å². The van der Waals surface area contributed by atoms with Gasteiger partial charge in [0.15, 0.2) is 0 Å². The van der Waals surface area contributed by atoms with E-state index in [-0.39, 0.29) is 18.4 Å². The Morgan fingerprint density at radius 3 is 2.24 bits per heavy atom. The maximum absolute atomic E-state index is 12.0. The molecule has 2 aromatic carbocycles. The highest BCUT2D eigenvalue weighted by Crippen LogP contribution is 2.12. The molecule has 0 heterocycles. The van der Waals surface area contributed by atoms with E-state index in [9.17, 15) is 14.4 Å². The van der Waals surface area contributed by atoms with E-state index in [4.69, 9.17) is 5.73 Å². The van der Waals surface area contributed by atoms with Crippen LogP contribution in [0.4, 0.5) is 11.4 Å². The number of benzene rings is 2. The highest BCUT2D eigenvalue weighted by Gasteiger charge is 2.08. The summed E-state index contributed by atoms with van der Waals surface area (Å²) in [5, 5.41) is 5.65. The molecule has 7 heteroatoms. The Balaban J connectivity index is 1.91. The number of anilines is 2. The van der Waals surface area contributed by atoms with Gasteiger partial charge in [0, 0.05) is 36.6 Å². The SMILES string of the molecule is CN(C)C(=O)c1ccc(NC(=O)CNc2cccc(C(N)=O)c2)cc1. The molecule has 0 aromatic heterocycles. The smallest absolute Gasteiger partial charge is 0.253 e. The van der Waals surface area contributed by atoms with Crippen molar-refractivity contribution in [3.05, 3.63) is 59.7 Å². The second kappa shape index (κ2) is 7.96. The molecule has 0 aliphatic rings. The lowest BCUT2D eigenvalue weighted by Gasteiger charge is -2.11. The lowest BCUT2D eigenvalue weighted by atomic mass is 10.2. The van der Waals surface area contributed by atoms with Crippen LogP contribution >= 0.6 is 0 Å². The average molecular weight is 340 g/mol. The van der Waals surface area contributed by atoms with Crippen LogP contribution in [0.2, 0.25) is 0 Å². The molecule has 0 atom stereocenters. The van der Waals surface area contributed by atoms with E-state index in [1.165, 1.54) is 4.90 Å². The molecule has 0 radical (unpaired) electrons. The van der Waals surface area contributed by atoms with Crippen LogP contribution in [0.3, 0.4) is 0 Å². The van der Waals surface area contributed by atoms with E-state index in [1.807, 2.05) is 0 Å². The zero-order valence-corrected chi connectivity index (χ0v) is 14.1. The molecule has 130 valence electrons. The van der Waals surface area contributed by atoms with Crippen molar-refractivity contribution in [2.24, 2.45) is 5.73 Å². The predicted octanol–water partition coefficient (Wildman–Crippen LogP) is 1.54. The van der Waals surface area contributed by atoms with Gasteiger partial charge in [-0.05, 0) is 42.5 Å². The molecule has 4 N–H and O–H groups in total. The summed E-state index contributed by atoms with van der Waals surface area (Å²) in [5.74, 6) is -0.884. The fourth-order valence-corrected chi connectivity index (χ4v) is 2.12. The summed E-state index contributed by atoms with van der Waals surface area (Å²) in [7, 11) is 3.35. The summed E-state index contributed by atoms with van der Waals surface area (Å²) in [6, 6.07) is 13.2. The Bertz CT molecular complexity index is 785. The molecule has 0 spiro atoms. The molecule has 0 fully saturated rings. The Morgan fingerprint density at radius 1 is 0.960 bits per heavy atom. The van der Waals surface area contributed by atoms with Gasteiger partial charge < -0.3 is 21.3 Å². The van der Waals surface area contributed by atoms with Gasteiger partial charge in [0.2, 0.25) is 11.8 Å². The molecule has 0 saturated carbocycles. The van der Waals surface area contributed by atoms with Gasteiger partial charge in [-0.1, -0.05) is 6.07 Å². The Hall–Kier alpha value is -3.35. The molecular weight excluding hydrogens is 320 g/mol. The molecule has 0 saturated heterocycles. The first-order valence-corrected chi connectivity index (χ1v) is 7.62. The second-order valence-electron chi connectivity index (χ2n) is 5.62. The summed E-state index contributed by atoms with van der Waals surface area (Å²) >= 11 is 0. The lowest BCUT2D eigenvalue weighted by molar-refractivity contribution is -0.114. The first-order chi connectivity index (χ1) is 11.9. The lowest BCUT2D eigenvalue weighted by Crippen LogP contribution is -2.23. The third kappa shape index (κ3) is 5.07. The first-order valence-electron chi connectivity index (χ1n) is 7.62. The largest absolute Gasteiger partial charge is 0.376 e. The summed E-state index contributed by atoms with van der Waals surface area (Å²) in [4.78, 5) is 36.4. The molecule has 0 aliphatic carbocycles. The fraction of sp³-hybridized carbons (Fsp3) is 0.167. The van der Waals surface area contributed by atoms with Crippen LogP contribution in [-0.4, -0.2) is 43.3 Å². The molecule has 2 rings (SSSR count). The summed E-state index contributed by atoms with van der Waals surface area (Å²) in [6.45, 7) is 0.0284. The van der Waals surface area contributed by atoms with Gasteiger partial charge in [-0.15, -0.1) is 0 Å². The minimum absolute atomic E-state index is 0.0284. The third-order valence-corrected chi connectivity index (χ3v) is 3.42. The number of nitrogens with zero attached hydrogens (tertiary/aromatic N) is 1. The Kier molecular flexibility index (Phi) is 5.73. The molecule has 0 aliphatic heterocycles. The maximum atomic E-state index is 12.0. The molecule has 0 unspecified atom stereocenters. The number of hydrogen-bond acceptors (Lipinski definition) is 4. The topological polar surface area (TPSA) is 105 Å². The maximum Gasteiger partial charge on any atom is 0.253 e. The Morgan fingerprint density at radius 2 is 1.64 bits per heavy atom. The number of rotatable bonds is 6. The number of primary amides is 1. The van der Waals surface area contributed by atoms with Crippen LogP contribution in [-0.2, 0) is 4.79 Å². The molecular formula is C18H20N4O3. The number of amides is 3. The second-order valence-corrected chi connectivity index (χ2v) is 5.62. The van der Waals surface area contributed by atoms with Crippen molar-refractivity contribution >= 4 is 29.1 Å². The van der Waals surface area contributed by atoms with Gasteiger partial charge in [0.1, 0.15) is 0 Å². The van der Waals surface area contributed by atoms with Gasteiger partial charge in [0.25, 0.3) is 5.91 Å². The molecule has 0 bridgehead atoms. The zero-order chi connectivity index (χ0) is 18.4. The van der Waals surface area contributed by atoms with E-state index < -0.39 is 5.91 Å². The quantitative estimate of drug-likeness (QED) is 0.742. The van der Waals surface area contributed by atoms with Gasteiger partial charge in [-0.3, -0.25) is 14.4 Å². The molecule has 7 nitrogen and oxygen atoms in total. The summed E-state index contributed by atoms with van der Waals surface area (Å²) in [5.41, 5.74) is 7.35. The minimum atomic E-state index is -0.527. The van der Waals surface area contributed by atoms with Crippen LogP contribution in [0, 0.1) is 0 Å². The number of carbonyl (C=O) groups excluding carboxylic acids is 3. The van der Waals surface area contributed by atoms with Crippen LogP contribution < -0.4 is 16.4 Å². The molecule has 3 amide bonds.